The number of nitrogens with zero attached hydrogens (tertiary/aromatic N) is 12. The number of halogens is 3. The van der Waals surface area contributed by atoms with Gasteiger partial charge < -0.3 is 65.6 Å². The van der Waals surface area contributed by atoms with Crippen LogP contribution in [-0.2, 0) is 39.3 Å². The molecule has 6 aliphatic rings. The number of anilines is 3. The normalized spacial score (nSPS) is 16.2. The first-order chi connectivity index (χ1) is 46.8. The van der Waals surface area contributed by atoms with Gasteiger partial charge in [-0.15, -0.1) is 0 Å². The fraction of sp³-hybridized carbons (Fsp3) is 0.346. The molecule has 3 saturated heterocycles. The van der Waals surface area contributed by atoms with Crippen LogP contribution in [0.5, 0.6) is 0 Å². The average molecular weight is 1520 g/mol. The van der Waals surface area contributed by atoms with Crippen molar-refractivity contribution in [2.75, 3.05) is 73.6 Å². The molecule has 0 aliphatic carbocycles. The Morgan fingerprint density at radius 3 is 0.828 bits per heavy atom. The molecule has 6 aliphatic heterocycles. The van der Waals surface area contributed by atoms with Gasteiger partial charge in [0.2, 0.25) is 19.0 Å². The SMILES string of the molecule is Cc1c(C[n+]2ccn(CCN3C(=O)c4cccc5c(N6CCCCC6)ccc(c45)C3=O)c2)c(C)c(C[n+]2ccn(CCN3C(=O)c4cccc5c(N6CCCCC6)ccc(c45)C3=O)c2)c(C)c1C[n+]1ccn(CCN2C(=O)c3cccc4c(N5CCCCC5)ccc(c34)C2=O)c1.[Br-].[Br-].[Br-]. The number of carbonyl (C=O) groups excluding carboxylic acids is 6. The average Bonchev–Trinajstić information content (AvgIpc) is 0.979. The summed E-state index contributed by atoms with van der Waals surface area (Å²) in [6, 6.07) is 29.4. The first kappa shape index (κ1) is 68.7. The first-order valence-corrected chi connectivity index (χ1v) is 34.6. The fourth-order valence-corrected chi connectivity index (χ4v) is 16.5. The minimum Gasteiger partial charge on any atom is -1.00 e. The molecule has 6 amide bonds. The van der Waals surface area contributed by atoms with Gasteiger partial charge in [-0.3, -0.25) is 43.5 Å². The molecule has 0 unspecified atom stereocenters. The van der Waals surface area contributed by atoms with E-state index in [1.807, 2.05) is 143 Å². The summed E-state index contributed by atoms with van der Waals surface area (Å²) in [5.41, 5.74) is 13.7. The number of piperidine rings is 3. The highest BCUT2D eigenvalue weighted by molar-refractivity contribution is 6.29. The van der Waals surface area contributed by atoms with Crippen LogP contribution in [0.2, 0.25) is 0 Å². The lowest BCUT2D eigenvalue weighted by molar-refractivity contribution is -0.690. The highest BCUT2D eigenvalue weighted by atomic mass is 79.9. The van der Waals surface area contributed by atoms with Crippen LogP contribution in [0, 0.1) is 20.8 Å². The second-order valence-electron chi connectivity index (χ2n) is 27.3. The molecule has 9 heterocycles. The third kappa shape index (κ3) is 12.4. The maximum atomic E-state index is 14.3. The van der Waals surface area contributed by atoms with Crippen molar-refractivity contribution in [1.82, 2.24) is 28.4 Å². The highest BCUT2D eigenvalue weighted by Crippen LogP contribution is 2.41. The van der Waals surface area contributed by atoms with Crippen LogP contribution < -0.4 is 79.3 Å². The van der Waals surface area contributed by atoms with E-state index < -0.39 is 0 Å². The Labute approximate surface area is 607 Å². The van der Waals surface area contributed by atoms with Gasteiger partial charge >= 0.3 is 0 Å². The van der Waals surface area contributed by atoms with Gasteiger partial charge in [0.25, 0.3) is 35.4 Å². The molecule has 0 N–H and O–H groups in total. The van der Waals surface area contributed by atoms with Crippen LogP contribution >= 0.6 is 0 Å². The van der Waals surface area contributed by atoms with Crippen LogP contribution in [0.4, 0.5) is 17.1 Å². The summed E-state index contributed by atoms with van der Waals surface area (Å²) >= 11 is 0. The number of hydrogen-bond donors (Lipinski definition) is 0. The Morgan fingerprint density at radius 2 is 0.566 bits per heavy atom. The van der Waals surface area contributed by atoms with Gasteiger partial charge in [0, 0.05) is 139 Å². The van der Waals surface area contributed by atoms with E-state index in [9.17, 15) is 28.8 Å². The summed E-state index contributed by atoms with van der Waals surface area (Å²) in [5, 5.41) is 5.14. The Kier molecular flexibility index (Phi) is 19.7. The van der Waals surface area contributed by atoms with Gasteiger partial charge in [0.1, 0.15) is 76.4 Å². The van der Waals surface area contributed by atoms with Crippen molar-refractivity contribution < 1.29 is 93.4 Å². The van der Waals surface area contributed by atoms with Crippen molar-refractivity contribution in [1.29, 1.82) is 0 Å². The maximum absolute atomic E-state index is 14.3. The van der Waals surface area contributed by atoms with E-state index in [2.05, 4.69) is 67.4 Å². The van der Waals surface area contributed by atoms with Gasteiger partial charge in [-0.05, 0) is 150 Å². The summed E-state index contributed by atoms with van der Waals surface area (Å²) in [5.74, 6) is -1.60. The van der Waals surface area contributed by atoms with Crippen LogP contribution in [-0.4, -0.2) is 123 Å². The van der Waals surface area contributed by atoms with Crippen molar-refractivity contribution in [3.8, 4) is 0 Å². The number of hydrogen-bond acceptors (Lipinski definition) is 9. The number of rotatable bonds is 18. The summed E-state index contributed by atoms with van der Waals surface area (Å²) in [4.78, 5) is 97.1. The molecule has 16 rings (SSSR count). The minimum atomic E-state index is -0.267. The Hall–Kier alpha value is -8.79. The lowest BCUT2D eigenvalue weighted by Gasteiger charge is -2.32. The van der Waals surface area contributed by atoms with E-state index in [1.54, 1.807) is 0 Å². The third-order valence-corrected chi connectivity index (χ3v) is 21.7. The standard InChI is InChI=1S/C78H81N12O6.3BrH/c1-52-64(46-82-37-34-79(49-82)40-43-88-73(91)58-19-13-16-55-67(85-28-7-4-8-29-85)25-22-61(70(55)58)76(88)94)53(2)66(48-84-39-36-81(51-84)42-45-90-75(93)60-21-15-18-57-69(87-32-11-6-12-33-87)27-24-63(72(57)60)78(90)96)54(3)65(52)47-83-38-35-80(50-83)41-44-89-74(92)59-20-14-17-56-68(86-30-9-5-10-31-86)26-23-62(71(56)59)77(89)95;;;/h13-27,34-39,49-51H,4-12,28-33,40-48H2,1-3H3;3*1H/q+3;;;/p-3. The zero-order valence-corrected chi connectivity index (χ0v) is 61.0. The Bertz CT molecular complexity index is 4310. The molecule has 0 saturated carbocycles. The van der Waals surface area contributed by atoms with Crippen LogP contribution in [0.15, 0.2) is 147 Å². The van der Waals surface area contributed by atoms with Crippen molar-refractivity contribution in [2.45, 2.75) is 118 Å². The molecule has 99 heavy (non-hydrogen) atoms. The van der Waals surface area contributed by atoms with Gasteiger partial charge in [-0.2, -0.15) is 0 Å². The number of amides is 6. The lowest BCUT2D eigenvalue weighted by Crippen LogP contribution is -3.00. The molecule has 0 bridgehead atoms. The van der Waals surface area contributed by atoms with Crippen LogP contribution in [0.25, 0.3) is 32.3 Å². The maximum Gasteiger partial charge on any atom is 0.261 e. The second kappa shape index (κ2) is 28.4. The van der Waals surface area contributed by atoms with Crippen molar-refractivity contribution in [2.24, 2.45) is 0 Å². The minimum absolute atomic E-state index is 0. The largest absolute Gasteiger partial charge is 1.00 e. The molecule has 3 aromatic heterocycles. The van der Waals surface area contributed by atoms with E-state index in [1.165, 1.54) is 50.7 Å². The predicted octanol–water partition coefficient (Wildman–Crippen LogP) is 1.35. The topological polar surface area (TPSA) is 148 Å². The van der Waals surface area contributed by atoms with Crippen molar-refractivity contribution in [3.63, 3.8) is 0 Å². The third-order valence-electron chi connectivity index (χ3n) is 21.7. The monoisotopic (exact) mass is 1520 g/mol. The van der Waals surface area contributed by atoms with Crippen molar-refractivity contribution in [3.05, 3.63) is 214 Å². The van der Waals surface area contributed by atoms with Crippen LogP contribution in [0.1, 0.15) is 153 Å². The Balaban J connectivity index is 0.00000293. The van der Waals surface area contributed by atoms with E-state index >= 15 is 0 Å². The summed E-state index contributed by atoms with van der Waals surface area (Å²) in [6.45, 7) is 15.9. The van der Waals surface area contributed by atoms with Crippen LogP contribution in [0.3, 0.4) is 0 Å². The van der Waals surface area contributed by atoms with Gasteiger partial charge in [-0.25, -0.2) is 27.4 Å². The fourth-order valence-electron chi connectivity index (χ4n) is 16.5. The number of imide groups is 3. The predicted molar refractivity (Wildman–Crippen MR) is 368 cm³/mol. The molecule has 0 spiro atoms. The molecule has 7 aromatic carbocycles. The van der Waals surface area contributed by atoms with E-state index in [4.69, 9.17) is 0 Å². The van der Waals surface area contributed by atoms with Gasteiger partial charge in [0.05, 0.1) is 19.6 Å². The van der Waals surface area contributed by atoms with Gasteiger partial charge in [0.15, 0.2) is 0 Å². The molecule has 0 radical (unpaired) electrons. The van der Waals surface area contributed by atoms with E-state index in [0.717, 1.165) is 144 Å². The number of imidazole rings is 3. The summed E-state index contributed by atoms with van der Waals surface area (Å²) in [7, 11) is 0. The zero-order valence-electron chi connectivity index (χ0n) is 56.3. The summed E-state index contributed by atoms with van der Waals surface area (Å²) < 4.78 is 12.6. The summed E-state index contributed by atoms with van der Waals surface area (Å²) in [6.07, 6.45) is 28.7. The molecule has 10 aromatic rings. The zero-order chi connectivity index (χ0) is 65.5. The number of aromatic nitrogens is 6. The second-order valence-corrected chi connectivity index (χ2v) is 27.3. The van der Waals surface area contributed by atoms with Crippen molar-refractivity contribution >= 4 is 84.8 Å². The molecule has 510 valence electrons. The molecular formula is C78H81Br3N12O6. The molecule has 18 nitrogen and oxygen atoms in total. The smallest absolute Gasteiger partial charge is 0.261 e. The van der Waals surface area contributed by atoms with Gasteiger partial charge in [-0.1, -0.05) is 36.4 Å². The molecule has 21 heteroatoms. The van der Waals surface area contributed by atoms with E-state index in [0.29, 0.717) is 72.6 Å². The number of carbonyl (C=O) groups is 6. The Morgan fingerprint density at radius 1 is 0.313 bits per heavy atom. The van der Waals surface area contributed by atoms with E-state index in [-0.39, 0.29) is 106 Å². The molecule has 0 atom stereocenters. The lowest BCUT2D eigenvalue weighted by atomic mass is 9.87. The number of benzene rings is 7. The molecule has 3 fully saturated rings. The molecular weight excluding hydrogens is 1440 g/mol. The quantitative estimate of drug-likeness (QED) is 0.0919. The highest BCUT2D eigenvalue weighted by Gasteiger charge is 2.38. The first-order valence-electron chi connectivity index (χ1n) is 34.6.